The van der Waals surface area contributed by atoms with Gasteiger partial charge in [0.25, 0.3) is 5.91 Å². The number of aromatic nitrogens is 5. The van der Waals surface area contributed by atoms with Crippen molar-refractivity contribution in [2.45, 2.75) is 0 Å². The Bertz CT molecular complexity index is 1520. The Morgan fingerprint density at radius 1 is 1.11 bits per heavy atom. The number of rotatable bonds is 9. The highest BCUT2D eigenvalue weighted by molar-refractivity contribution is 6.14. The van der Waals surface area contributed by atoms with Gasteiger partial charge in [0.2, 0.25) is 0 Å². The van der Waals surface area contributed by atoms with Gasteiger partial charge in [0.15, 0.2) is 0 Å². The first-order chi connectivity index (χ1) is 17.6. The van der Waals surface area contributed by atoms with E-state index in [1.165, 1.54) is 0 Å². The predicted molar refractivity (Wildman–Crippen MR) is 138 cm³/mol. The molecule has 0 fully saturated rings. The number of hydrogen-bond donors (Lipinski definition) is 3. The summed E-state index contributed by atoms with van der Waals surface area (Å²) < 4.78 is 13.0. The fourth-order valence-electron chi connectivity index (χ4n) is 4.16. The number of fused-ring (bicyclic) bond motifs is 3. The van der Waals surface area contributed by atoms with Gasteiger partial charge in [0.1, 0.15) is 18.0 Å². The van der Waals surface area contributed by atoms with Crippen LogP contribution in [0.1, 0.15) is 10.4 Å². The summed E-state index contributed by atoms with van der Waals surface area (Å²) in [6.45, 7) is 1.63. The molecular weight excluding hydrogens is 458 g/mol. The molecule has 0 aliphatic carbocycles. The summed E-state index contributed by atoms with van der Waals surface area (Å²) in [4.78, 5) is 25.0. The largest absolute Gasteiger partial charge is 0.489 e. The van der Waals surface area contributed by atoms with Crippen molar-refractivity contribution in [3.05, 3.63) is 60.7 Å². The summed E-state index contributed by atoms with van der Waals surface area (Å²) in [5.41, 5.74) is 11.1. The SMILES string of the molecule is COCCOc1cnc2[nH]c3cnc(-c4cnn(C)c4)cc3c2c1-c1ccc(C(=O)NCCN)cc1. The zero-order chi connectivity index (χ0) is 25.1. The molecule has 184 valence electrons. The lowest BCUT2D eigenvalue weighted by Crippen LogP contribution is -2.28. The molecule has 4 N–H and O–H groups in total. The molecule has 0 spiro atoms. The molecule has 1 amide bonds. The third kappa shape index (κ3) is 4.51. The van der Waals surface area contributed by atoms with Gasteiger partial charge in [-0.3, -0.25) is 14.5 Å². The molecule has 10 heteroatoms. The Balaban J connectivity index is 1.66. The van der Waals surface area contributed by atoms with E-state index >= 15 is 0 Å². The van der Waals surface area contributed by atoms with Crippen LogP contribution in [-0.4, -0.2) is 64.1 Å². The van der Waals surface area contributed by atoms with Crippen LogP contribution in [-0.2, 0) is 11.8 Å². The van der Waals surface area contributed by atoms with Crippen LogP contribution in [0.5, 0.6) is 5.75 Å². The molecule has 36 heavy (non-hydrogen) atoms. The van der Waals surface area contributed by atoms with Crippen molar-refractivity contribution in [2.75, 3.05) is 33.4 Å². The van der Waals surface area contributed by atoms with Crippen molar-refractivity contribution in [3.8, 4) is 28.1 Å². The Morgan fingerprint density at radius 3 is 2.67 bits per heavy atom. The number of nitrogens with one attached hydrogen (secondary N) is 2. The second-order valence-electron chi connectivity index (χ2n) is 8.33. The summed E-state index contributed by atoms with van der Waals surface area (Å²) in [5, 5.41) is 8.94. The molecular formula is C26H27N7O3. The number of pyridine rings is 2. The average Bonchev–Trinajstić information content (AvgIpc) is 3.50. The lowest BCUT2D eigenvalue weighted by atomic mass is 9.99. The molecule has 4 heterocycles. The molecule has 5 aromatic rings. The van der Waals surface area contributed by atoms with Crippen molar-refractivity contribution in [3.63, 3.8) is 0 Å². The zero-order valence-electron chi connectivity index (χ0n) is 20.1. The fraction of sp³-hybridized carbons (Fsp3) is 0.231. The highest BCUT2D eigenvalue weighted by Gasteiger charge is 2.19. The molecule has 0 bridgehead atoms. The number of H-pyrrole nitrogens is 1. The topological polar surface area (TPSA) is 133 Å². The van der Waals surface area contributed by atoms with Gasteiger partial charge >= 0.3 is 0 Å². The molecule has 0 saturated carbocycles. The minimum absolute atomic E-state index is 0.164. The number of carbonyl (C=O) groups excluding carboxylic acids is 1. The molecule has 4 aromatic heterocycles. The van der Waals surface area contributed by atoms with Crippen molar-refractivity contribution in [1.82, 2.24) is 30.0 Å². The predicted octanol–water partition coefficient (Wildman–Crippen LogP) is 2.89. The van der Waals surface area contributed by atoms with E-state index in [1.54, 1.807) is 42.5 Å². The Labute approximate surface area is 207 Å². The quantitative estimate of drug-likeness (QED) is 0.273. The summed E-state index contributed by atoms with van der Waals surface area (Å²) in [6.07, 6.45) is 7.23. The Morgan fingerprint density at radius 2 is 1.94 bits per heavy atom. The highest BCUT2D eigenvalue weighted by Crippen LogP contribution is 2.40. The van der Waals surface area contributed by atoms with Crippen LogP contribution < -0.4 is 15.8 Å². The fourth-order valence-corrected chi connectivity index (χ4v) is 4.16. The van der Waals surface area contributed by atoms with Crippen LogP contribution in [0.4, 0.5) is 0 Å². The van der Waals surface area contributed by atoms with E-state index < -0.39 is 0 Å². The molecule has 0 saturated heterocycles. The molecule has 0 radical (unpaired) electrons. The minimum atomic E-state index is -0.164. The zero-order valence-corrected chi connectivity index (χ0v) is 20.1. The summed E-state index contributed by atoms with van der Waals surface area (Å²) >= 11 is 0. The van der Waals surface area contributed by atoms with Crippen LogP contribution in [0.3, 0.4) is 0 Å². The molecule has 1 aromatic carbocycles. The molecule has 10 nitrogen and oxygen atoms in total. The van der Waals surface area contributed by atoms with Gasteiger partial charge < -0.3 is 25.5 Å². The van der Waals surface area contributed by atoms with E-state index in [0.29, 0.717) is 43.3 Å². The van der Waals surface area contributed by atoms with Gasteiger partial charge in [-0.15, -0.1) is 0 Å². The summed E-state index contributed by atoms with van der Waals surface area (Å²) in [5.74, 6) is 0.461. The lowest BCUT2D eigenvalue weighted by molar-refractivity contribution is 0.0955. The van der Waals surface area contributed by atoms with Crippen molar-refractivity contribution >= 4 is 27.8 Å². The second kappa shape index (κ2) is 10.1. The maximum Gasteiger partial charge on any atom is 0.251 e. The van der Waals surface area contributed by atoms with E-state index in [1.807, 2.05) is 31.4 Å². The number of methoxy groups -OCH3 is 1. The van der Waals surface area contributed by atoms with Gasteiger partial charge in [-0.2, -0.15) is 5.10 Å². The van der Waals surface area contributed by atoms with Gasteiger partial charge in [-0.25, -0.2) is 4.98 Å². The first kappa shape index (κ1) is 23.5. The third-order valence-corrected chi connectivity index (χ3v) is 5.88. The van der Waals surface area contributed by atoms with Crippen LogP contribution in [0.15, 0.2) is 55.1 Å². The van der Waals surface area contributed by atoms with E-state index in [9.17, 15) is 4.79 Å². The first-order valence-corrected chi connectivity index (χ1v) is 11.6. The standard InChI is InChI=1S/C26H27N7O3/c1-33-15-18(12-31-33)20-11-19-21(13-29-20)32-25-24(19)23(22(14-30-25)36-10-9-35-2)16-3-5-17(6-4-16)26(34)28-8-7-27/h3-6,11-15H,7-10,27H2,1-2H3,(H,28,34)(H,30,32). The number of carbonyl (C=O) groups is 1. The first-order valence-electron chi connectivity index (χ1n) is 11.6. The number of aryl methyl sites for hydroxylation is 1. The number of nitrogens with zero attached hydrogens (tertiary/aromatic N) is 4. The van der Waals surface area contributed by atoms with Crippen molar-refractivity contribution in [2.24, 2.45) is 12.8 Å². The Kier molecular flexibility index (Phi) is 6.61. The highest BCUT2D eigenvalue weighted by atomic mass is 16.5. The maximum absolute atomic E-state index is 12.4. The van der Waals surface area contributed by atoms with Crippen LogP contribution in [0.2, 0.25) is 0 Å². The van der Waals surface area contributed by atoms with E-state index in [4.69, 9.17) is 15.2 Å². The maximum atomic E-state index is 12.4. The normalized spacial score (nSPS) is 11.3. The number of nitrogens with two attached hydrogens (primary N) is 1. The van der Waals surface area contributed by atoms with Gasteiger partial charge in [0.05, 0.1) is 36.4 Å². The van der Waals surface area contributed by atoms with Crippen LogP contribution in [0.25, 0.3) is 44.3 Å². The molecule has 5 rings (SSSR count). The number of ether oxygens (including phenoxy) is 2. The third-order valence-electron chi connectivity index (χ3n) is 5.88. The van der Waals surface area contributed by atoms with Crippen molar-refractivity contribution in [1.29, 1.82) is 0 Å². The summed E-state index contributed by atoms with van der Waals surface area (Å²) in [7, 11) is 3.51. The Hall–Kier alpha value is -4.28. The average molecular weight is 486 g/mol. The second-order valence-corrected chi connectivity index (χ2v) is 8.33. The van der Waals surface area contributed by atoms with E-state index in [2.05, 4.69) is 25.4 Å². The number of benzene rings is 1. The number of aromatic amines is 1. The summed E-state index contributed by atoms with van der Waals surface area (Å²) in [6, 6.07) is 9.45. The smallest absolute Gasteiger partial charge is 0.251 e. The van der Waals surface area contributed by atoms with E-state index in [-0.39, 0.29) is 5.91 Å². The molecule has 0 atom stereocenters. The van der Waals surface area contributed by atoms with Crippen molar-refractivity contribution < 1.29 is 14.3 Å². The van der Waals surface area contributed by atoms with Gasteiger partial charge in [0, 0.05) is 60.9 Å². The monoisotopic (exact) mass is 485 g/mol. The van der Waals surface area contributed by atoms with Crippen LogP contribution >= 0.6 is 0 Å². The van der Waals surface area contributed by atoms with Gasteiger partial charge in [-0.05, 0) is 23.8 Å². The van der Waals surface area contributed by atoms with Gasteiger partial charge in [-0.1, -0.05) is 12.1 Å². The number of hydrogen-bond acceptors (Lipinski definition) is 7. The minimum Gasteiger partial charge on any atom is -0.489 e. The lowest BCUT2D eigenvalue weighted by Gasteiger charge is -2.13. The molecule has 0 unspecified atom stereocenters. The van der Waals surface area contributed by atoms with E-state index in [0.717, 1.165) is 38.7 Å². The molecule has 0 aliphatic rings. The number of amides is 1. The molecule has 0 aliphatic heterocycles. The van der Waals surface area contributed by atoms with Crippen LogP contribution in [0, 0.1) is 0 Å².